The summed E-state index contributed by atoms with van der Waals surface area (Å²) in [7, 11) is 0. The van der Waals surface area contributed by atoms with Crippen molar-refractivity contribution in [3.8, 4) is 0 Å². The highest BCUT2D eigenvalue weighted by atomic mass is 15.3. The number of piperazine rings is 1. The summed E-state index contributed by atoms with van der Waals surface area (Å²) in [5.41, 5.74) is 1.39. The first-order valence-corrected chi connectivity index (χ1v) is 7.20. The molecule has 2 aliphatic rings. The molecule has 2 unspecified atom stereocenters. The summed E-state index contributed by atoms with van der Waals surface area (Å²) in [5.74, 6) is 0. The summed E-state index contributed by atoms with van der Waals surface area (Å²) >= 11 is 0. The predicted octanol–water partition coefficient (Wildman–Crippen LogP) is 2.14. The van der Waals surface area contributed by atoms with Gasteiger partial charge in [-0.05, 0) is 44.0 Å². The number of pyridine rings is 1. The molecule has 0 saturated carbocycles. The normalized spacial score (nSPS) is 30.1. The lowest BCUT2D eigenvalue weighted by Gasteiger charge is -2.47. The minimum atomic E-state index is 0.674. The van der Waals surface area contributed by atoms with E-state index in [0.29, 0.717) is 6.04 Å². The Balaban J connectivity index is 1.65. The molecule has 1 aromatic heterocycles. The third-order valence-electron chi connectivity index (χ3n) is 4.45. The Hall–Kier alpha value is -0.930. The van der Waals surface area contributed by atoms with E-state index in [1.54, 1.807) is 0 Å². The zero-order valence-corrected chi connectivity index (χ0v) is 11.3. The molecule has 3 rings (SSSR count). The Morgan fingerprint density at radius 1 is 1.22 bits per heavy atom. The fourth-order valence-electron chi connectivity index (χ4n) is 3.36. The van der Waals surface area contributed by atoms with E-state index in [2.05, 4.69) is 33.8 Å². The number of hydrogen-bond acceptors (Lipinski definition) is 3. The number of piperidine rings is 1. The van der Waals surface area contributed by atoms with Gasteiger partial charge in [-0.2, -0.15) is 0 Å². The first-order valence-electron chi connectivity index (χ1n) is 7.20. The summed E-state index contributed by atoms with van der Waals surface area (Å²) in [4.78, 5) is 9.44. The predicted molar refractivity (Wildman–Crippen MR) is 73.3 cm³/mol. The summed E-state index contributed by atoms with van der Waals surface area (Å²) in [6.07, 6.45) is 8.00. The monoisotopic (exact) mass is 245 g/mol. The van der Waals surface area contributed by atoms with Gasteiger partial charge in [0, 0.05) is 44.1 Å². The van der Waals surface area contributed by atoms with Crippen LogP contribution in [0.2, 0.25) is 0 Å². The van der Waals surface area contributed by atoms with Gasteiger partial charge in [0.05, 0.1) is 0 Å². The molecule has 2 aliphatic heterocycles. The van der Waals surface area contributed by atoms with Gasteiger partial charge in [-0.25, -0.2) is 0 Å². The van der Waals surface area contributed by atoms with Crippen molar-refractivity contribution in [2.75, 3.05) is 19.6 Å². The van der Waals surface area contributed by atoms with Crippen molar-refractivity contribution in [1.29, 1.82) is 0 Å². The summed E-state index contributed by atoms with van der Waals surface area (Å²) in [6.45, 7) is 7.25. The number of hydrogen-bond donors (Lipinski definition) is 0. The molecule has 1 aromatic rings. The number of fused-ring (bicyclic) bond motifs is 1. The number of rotatable bonds is 2. The van der Waals surface area contributed by atoms with E-state index in [9.17, 15) is 0 Å². The van der Waals surface area contributed by atoms with Crippen LogP contribution in [0.4, 0.5) is 0 Å². The van der Waals surface area contributed by atoms with Crippen LogP contribution in [0, 0.1) is 0 Å². The SMILES string of the molecule is CC1CN2CCCCC2CN1Cc1ccncc1. The van der Waals surface area contributed by atoms with Gasteiger partial charge < -0.3 is 0 Å². The Morgan fingerprint density at radius 2 is 2.06 bits per heavy atom. The second-order valence-corrected chi connectivity index (χ2v) is 5.78. The maximum atomic E-state index is 4.10. The molecule has 0 amide bonds. The maximum absolute atomic E-state index is 4.10. The summed E-state index contributed by atoms with van der Waals surface area (Å²) in [6, 6.07) is 5.75. The lowest BCUT2D eigenvalue weighted by molar-refractivity contribution is 0.0111. The first-order chi connectivity index (χ1) is 8.83. The van der Waals surface area contributed by atoms with Crippen LogP contribution in [-0.2, 0) is 6.54 Å². The van der Waals surface area contributed by atoms with Gasteiger partial charge >= 0.3 is 0 Å². The Morgan fingerprint density at radius 3 is 2.89 bits per heavy atom. The Kier molecular flexibility index (Phi) is 3.62. The average Bonchev–Trinajstić information content (AvgIpc) is 2.41. The van der Waals surface area contributed by atoms with Crippen LogP contribution >= 0.6 is 0 Å². The quantitative estimate of drug-likeness (QED) is 0.796. The van der Waals surface area contributed by atoms with Gasteiger partial charge in [-0.1, -0.05) is 6.42 Å². The zero-order valence-electron chi connectivity index (χ0n) is 11.3. The largest absolute Gasteiger partial charge is 0.298 e. The molecule has 2 saturated heterocycles. The van der Waals surface area contributed by atoms with E-state index in [1.165, 1.54) is 44.5 Å². The second-order valence-electron chi connectivity index (χ2n) is 5.78. The van der Waals surface area contributed by atoms with Gasteiger partial charge in [-0.15, -0.1) is 0 Å². The van der Waals surface area contributed by atoms with Crippen molar-refractivity contribution in [3.05, 3.63) is 30.1 Å². The second kappa shape index (κ2) is 5.37. The van der Waals surface area contributed by atoms with E-state index in [1.807, 2.05) is 12.4 Å². The van der Waals surface area contributed by atoms with E-state index >= 15 is 0 Å². The average molecular weight is 245 g/mol. The standard InChI is InChI=1S/C15H23N3/c1-13-10-17-9-3-2-4-15(17)12-18(13)11-14-5-7-16-8-6-14/h5-8,13,15H,2-4,9-12H2,1H3. The number of nitrogens with zero attached hydrogens (tertiary/aromatic N) is 3. The molecule has 0 radical (unpaired) electrons. The summed E-state index contributed by atoms with van der Waals surface area (Å²) in [5, 5.41) is 0. The van der Waals surface area contributed by atoms with Gasteiger partial charge in [0.2, 0.25) is 0 Å². The van der Waals surface area contributed by atoms with Crippen LogP contribution in [0.25, 0.3) is 0 Å². The first kappa shape index (κ1) is 12.1. The van der Waals surface area contributed by atoms with E-state index in [4.69, 9.17) is 0 Å². The van der Waals surface area contributed by atoms with E-state index in [-0.39, 0.29) is 0 Å². The topological polar surface area (TPSA) is 19.4 Å². The minimum absolute atomic E-state index is 0.674. The lowest BCUT2D eigenvalue weighted by Crippen LogP contribution is -2.58. The van der Waals surface area contributed by atoms with E-state index < -0.39 is 0 Å². The minimum Gasteiger partial charge on any atom is -0.298 e. The molecular weight excluding hydrogens is 222 g/mol. The molecule has 18 heavy (non-hydrogen) atoms. The third kappa shape index (κ3) is 2.57. The van der Waals surface area contributed by atoms with Crippen molar-refractivity contribution in [2.45, 2.75) is 44.8 Å². The highest BCUT2D eigenvalue weighted by molar-refractivity contribution is 5.10. The molecule has 0 aromatic carbocycles. The smallest absolute Gasteiger partial charge is 0.0271 e. The fourth-order valence-corrected chi connectivity index (χ4v) is 3.36. The van der Waals surface area contributed by atoms with Crippen LogP contribution < -0.4 is 0 Å². The van der Waals surface area contributed by atoms with E-state index in [0.717, 1.165) is 12.6 Å². The molecule has 0 aliphatic carbocycles. The van der Waals surface area contributed by atoms with Crippen LogP contribution in [0.1, 0.15) is 31.7 Å². The third-order valence-corrected chi connectivity index (χ3v) is 4.45. The fraction of sp³-hybridized carbons (Fsp3) is 0.667. The van der Waals surface area contributed by atoms with Crippen molar-refractivity contribution in [3.63, 3.8) is 0 Å². The van der Waals surface area contributed by atoms with Crippen molar-refractivity contribution >= 4 is 0 Å². The molecule has 0 bridgehead atoms. The Labute approximate surface area is 110 Å². The zero-order chi connectivity index (χ0) is 12.4. The van der Waals surface area contributed by atoms with Crippen LogP contribution in [0.3, 0.4) is 0 Å². The number of aromatic nitrogens is 1. The van der Waals surface area contributed by atoms with Crippen LogP contribution in [-0.4, -0.2) is 46.5 Å². The molecule has 0 spiro atoms. The highest BCUT2D eigenvalue weighted by Gasteiger charge is 2.32. The molecule has 2 atom stereocenters. The molecule has 3 heteroatoms. The molecule has 2 fully saturated rings. The lowest BCUT2D eigenvalue weighted by atomic mass is 9.97. The van der Waals surface area contributed by atoms with Crippen molar-refractivity contribution in [2.24, 2.45) is 0 Å². The molecule has 3 heterocycles. The molecule has 98 valence electrons. The van der Waals surface area contributed by atoms with Crippen LogP contribution in [0.5, 0.6) is 0 Å². The van der Waals surface area contributed by atoms with Crippen LogP contribution in [0.15, 0.2) is 24.5 Å². The molecule has 0 N–H and O–H groups in total. The van der Waals surface area contributed by atoms with Crippen molar-refractivity contribution < 1.29 is 0 Å². The Bertz CT molecular complexity index is 379. The van der Waals surface area contributed by atoms with Gasteiger partial charge in [0.25, 0.3) is 0 Å². The summed E-state index contributed by atoms with van der Waals surface area (Å²) < 4.78 is 0. The van der Waals surface area contributed by atoms with Crippen molar-refractivity contribution in [1.82, 2.24) is 14.8 Å². The highest BCUT2D eigenvalue weighted by Crippen LogP contribution is 2.24. The molecular formula is C15H23N3. The van der Waals surface area contributed by atoms with Gasteiger partial charge in [0.1, 0.15) is 0 Å². The van der Waals surface area contributed by atoms with Gasteiger partial charge in [0.15, 0.2) is 0 Å². The van der Waals surface area contributed by atoms with Gasteiger partial charge in [-0.3, -0.25) is 14.8 Å². The maximum Gasteiger partial charge on any atom is 0.0271 e. The molecule has 3 nitrogen and oxygen atoms in total.